The summed E-state index contributed by atoms with van der Waals surface area (Å²) in [7, 11) is 0. The predicted molar refractivity (Wildman–Crippen MR) is 136 cm³/mol. The minimum absolute atomic E-state index is 0.105. The first-order valence-corrected chi connectivity index (χ1v) is 12.7. The summed E-state index contributed by atoms with van der Waals surface area (Å²) in [5, 5.41) is 9.35. The zero-order valence-electron chi connectivity index (χ0n) is 19.0. The van der Waals surface area contributed by atoms with Crippen molar-refractivity contribution in [3.05, 3.63) is 57.3 Å². The van der Waals surface area contributed by atoms with E-state index >= 15 is 0 Å². The first-order valence-electron chi connectivity index (χ1n) is 11.5. The number of alkyl halides is 1. The normalized spacial score (nSPS) is 22.4. The first-order chi connectivity index (χ1) is 17.2. The summed E-state index contributed by atoms with van der Waals surface area (Å²) < 4.78 is 5.38. The highest BCUT2D eigenvalue weighted by molar-refractivity contribution is 6.54. The smallest absolute Gasteiger partial charge is 0.328 e. The van der Waals surface area contributed by atoms with E-state index in [1.807, 2.05) is 6.07 Å². The number of ether oxygens (including phenoxy) is 1. The van der Waals surface area contributed by atoms with Crippen LogP contribution in [0.5, 0.6) is 0 Å². The molecule has 2 atom stereocenters. The van der Waals surface area contributed by atoms with Gasteiger partial charge in [-0.25, -0.2) is 4.79 Å². The minimum Gasteiger partial charge on any atom is -0.480 e. The van der Waals surface area contributed by atoms with Gasteiger partial charge in [-0.3, -0.25) is 19.6 Å². The number of aliphatic carboxylic acids is 1. The molecule has 1 aromatic carbocycles. The molecule has 8 nitrogen and oxygen atoms in total. The van der Waals surface area contributed by atoms with Crippen LogP contribution in [-0.2, 0) is 27.2 Å². The Hall–Kier alpha value is -2.52. The lowest BCUT2D eigenvalue weighted by molar-refractivity contribution is -0.138. The van der Waals surface area contributed by atoms with Crippen LogP contribution in [0.15, 0.2) is 35.6 Å². The number of hydrogen-bond donors (Lipinski definition) is 1. The average Bonchev–Trinajstić information content (AvgIpc) is 3.29. The van der Waals surface area contributed by atoms with Crippen molar-refractivity contribution in [2.45, 2.75) is 37.1 Å². The molecule has 188 valence electrons. The molecule has 1 N–H and O–H groups in total. The molecule has 1 amide bonds. The summed E-state index contributed by atoms with van der Waals surface area (Å²) in [6.45, 7) is 1.28. The number of carboxylic acids is 1. The molecule has 1 aliphatic carbocycles. The van der Waals surface area contributed by atoms with Gasteiger partial charge in [-0.05, 0) is 36.5 Å². The zero-order chi connectivity index (χ0) is 25.6. The number of rotatable bonds is 5. The second kappa shape index (κ2) is 9.74. The summed E-state index contributed by atoms with van der Waals surface area (Å²) in [5.74, 6) is -1.52. The number of carbonyl (C=O) groups is 3. The fourth-order valence-corrected chi connectivity index (χ4v) is 6.19. The molecular formula is C25H22Cl3N3O5. The number of benzene rings is 1. The number of amides is 1. The van der Waals surface area contributed by atoms with Gasteiger partial charge in [0.2, 0.25) is 0 Å². The van der Waals surface area contributed by atoms with Crippen molar-refractivity contribution in [3.63, 3.8) is 0 Å². The van der Waals surface area contributed by atoms with Gasteiger partial charge in [-0.15, -0.1) is 11.6 Å². The van der Waals surface area contributed by atoms with Crippen LogP contribution in [0.1, 0.15) is 34.3 Å². The number of nitrogens with zero attached hydrogens (tertiary/aromatic N) is 3. The number of hydrogen-bond acceptors (Lipinski definition) is 6. The molecule has 36 heavy (non-hydrogen) atoms. The second-order valence-electron chi connectivity index (χ2n) is 9.14. The summed E-state index contributed by atoms with van der Waals surface area (Å²) in [4.78, 5) is 47.8. The summed E-state index contributed by atoms with van der Waals surface area (Å²) in [5.41, 5.74) is 2.24. The van der Waals surface area contributed by atoms with E-state index in [1.54, 1.807) is 17.0 Å². The van der Waals surface area contributed by atoms with Gasteiger partial charge in [-0.2, -0.15) is 0 Å². The highest BCUT2D eigenvalue weighted by atomic mass is 35.5. The Kier molecular flexibility index (Phi) is 6.80. The number of carboxylic acid groups (broad SMARTS) is 1. The largest absolute Gasteiger partial charge is 0.480 e. The van der Waals surface area contributed by atoms with Crippen molar-refractivity contribution in [3.8, 4) is 0 Å². The highest BCUT2D eigenvalue weighted by Gasteiger charge is 2.59. The van der Waals surface area contributed by atoms with Gasteiger partial charge in [0, 0.05) is 44.3 Å². The van der Waals surface area contributed by atoms with Gasteiger partial charge >= 0.3 is 5.97 Å². The number of Topliss-reactive ketones (excluding diaryl/α,β-unsaturated/α-hetero) is 1. The molecule has 1 saturated heterocycles. The van der Waals surface area contributed by atoms with Gasteiger partial charge in [0.05, 0.1) is 26.7 Å². The Labute approximate surface area is 222 Å². The van der Waals surface area contributed by atoms with E-state index in [-0.39, 0.29) is 33.7 Å². The molecule has 3 aliphatic rings. The summed E-state index contributed by atoms with van der Waals surface area (Å²) in [6, 6.07) is 4.38. The Morgan fingerprint density at radius 2 is 1.92 bits per heavy atom. The van der Waals surface area contributed by atoms with Crippen molar-refractivity contribution in [1.82, 2.24) is 4.98 Å². The second-order valence-corrected chi connectivity index (χ2v) is 10.4. The molecule has 0 bridgehead atoms. The maximum absolute atomic E-state index is 13.2. The van der Waals surface area contributed by atoms with Gasteiger partial charge in [0.15, 0.2) is 11.8 Å². The fraction of sp³-hybridized carbons (Fsp3) is 0.400. The topological polar surface area (TPSA) is 109 Å². The van der Waals surface area contributed by atoms with Crippen LogP contribution in [0.3, 0.4) is 0 Å². The highest BCUT2D eigenvalue weighted by Crippen LogP contribution is 2.46. The molecule has 2 unspecified atom stereocenters. The van der Waals surface area contributed by atoms with E-state index in [4.69, 9.17) is 39.5 Å². The van der Waals surface area contributed by atoms with Crippen LogP contribution in [0, 0.1) is 5.41 Å². The summed E-state index contributed by atoms with van der Waals surface area (Å²) >= 11 is 18.6. The van der Waals surface area contributed by atoms with Crippen LogP contribution in [0.2, 0.25) is 10.0 Å². The Morgan fingerprint density at radius 1 is 1.22 bits per heavy atom. The number of ketones is 1. The van der Waals surface area contributed by atoms with Crippen molar-refractivity contribution < 1.29 is 24.2 Å². The van der Waals surface area contributed by atoms with Crippen LogP contribution in [0.4, 0.5) is 5.69 Å². The van der Waals surface area contributed by atoms with E-state index in [1.165, 1.54) is 12.4 Å². The number of carbonyl (C=O) groups excluding carboxylic acids is 2. The van der Waals surface area contributed by atoms with E-state index in [2.05, 4.69) is 9.98 Å². The minimum atomic E-state index is -1.09. The Bertz CT molecular complexity index is 1270. The maximum Gasteiger partial charge on any atom is 0.328 e. The standard InChI is InChI=1S/C25H22Cl3N3O5/c26-15-11-29-12-16(27)19(15)23(33)31-6-3-14-9-13(1-2-18(14)31)10-17(24(34)35)30-21-20(28)22(32)25(21)4-7-36-8-5-25/h1-2,9,11-12,17,20H,3-8,10H2,(H,34,35). The third-order valence-corrected chi connectivity index (χ3v) is 8.12. The number of pyridine rings is 1. The van der Waals surface area contributed by atoms with Crippen LogP contribution in [-0.4, -0.2) is 64.6 Å². The Morgan fingerprint density at radius 3 is 2.58 bits per heavy atom. The zero-order valence-corrected chi connectivity index (χ0v) is 21.3. The monoisotopic (exact) mass is 549 g/mol. The fourth-order valence-electron chi connectivity index (χ4n) is 5.19. The lowest BCUT2D eigenvalue weighted by Gasteiger charge is -2.47. The van der Waals surface area contributed by atoms with Crippen LogP contribution >= 0.6 is 34.8 Å². The number of anilines is 1. The molecule has 1 spiro atoms. The van der Waals surface area contributed by atoms with Gasteiger partial charge < -0.3 is 14.7 Å². The molecule has 2 fully saturated rings. The third kappa shape index (κ3) is 4.20. The quantitative estimate of drug-likeness (QED) is 0.564. The molecule has 2 aromatic rings. The Balaban J connectivity index is 1.38. The predicted octanol–water partition coefficient (Wildman–Crippen LogP) is 4.01. The van der Waals surface area contributed by atoms with Crippen LogP contribution in [0.25, 0.3) is 0 Å². The molecular weight excluding hydrogens is 529 g/mol. The number of halogens is 3. The van der Waals surface area contributed by atoms with Crippen molar-refractivity contribution in [2.75, 3.05) is 24.7 Å². The number of aliphatic imine (C=N–C) groups is 1. The van der Waals surface area contributed by atoms with Crippen molar-refractivity contribution in [1.29, 1.82) is 0 Å². The molecule has 1 saturated carbocycles. The molecule has 5 rings (SSSR count). The van der Waals surface area contributed by atoms with Crippen molar-refractivity contribution >= 4 is 63.9 Å². The molecule has 2 aliphatic heterocycles. The third-order valence-electron chi connectivity index (χ3n) is 7.14. The molecule has 3 heterocycles. The van der Waals surface area contributed by atoms with Crippen molar-refractivity contribution in [2.24, 2.45) is 10.4 Å². The van der Waals surface area contributed by atoms with E-state index in [9.17, 15) is 19.5 Å². The van der Waals surface area contributed by atoms with E-state index in [0.717, 1.165) is 16.8 Å². The number of aromatic nitrogens is 1. The van der Waals surface area contributed by atoms with Gasteiger partial charge in [0.1, 0.15) is 5.38 Å². The first kappa shape index (κ1) is 25.1. The van der Waals surface area contributed by atoms with Crippen LogP contribution < -0.4 is 4.90 Å². The lowest BCUT2D eigenvalue weighted by atomic mass is 9.60. The lowest BCUT2D eigenvalue weighted by Crippen LogP contribution is -2.62. The summed E-state index contributed by atoms with van der Waals surface area (Å²) in [6.07, 6.45) is 4.41. The van der Waals surface area contributed by atoms with Gasteiger partial charge in [-0.1, -0.05) is 35.3 Å². The average molecular weight is 551 g/mol. The molecule has 1 aromatic heterocycles. The van der Waals surface area contributed by atoms with E-state index in [0.29, 0.717) is 44.7 Å². The molecule has 0 radical (unpaired) electrons. The van der Waals surface area contributed by atoms with E-state index < -0.39 is 22.8 Å². The van der Waals surface area contributed by atoms with Gasteiger partial charge in [0.25, 0.3) is 5.91 Å². The maximum atomic E-state index is 13.2. The molecule has 11 heteroatoms. The number of fused-ring (bicyclic) bond motifs is 1. The SMILES string of the molecule is O=C(O)C(Cc1ccc2c(c1)CCN2C(=O)c1c(Cl)cncc1Cl)N=C1C(Cl)C(=O)C12CCOCC2.